The van der Waals surface area contributed by atoms with Crippen LogP contribution in [0, 0.1) is 11.3 Å². The van der Waals surface area contributed by atoms with Gasteiger partial charge in [-0.15, -0.1) is 5.48 Å². The number of nitriles is 1. The maximum atomic E-state index is 11.1. The van der Waals surface area contributed by atoms with Crippen molar-refractivity contribution < 1.29 is 14.4 Å². The minimum absolute atomic E-state index is 0.195. The van der Waals surface area contributed by atoms with E-state index in [9.17, 15) is 4.79 Å². The minimum atomic E-state index is -0.239. The molecule has 1 fully saturated rings. The van der Waals surface area contributed by atoms with Crippen LogP contribution in [-0.4, -0.2) is 12.0 Å². The van der Waals surface area contributed by atoms with Crippen molar-refractivity contribution in [2.24, 2.45) is 0 Å². The summed E-state index contributed by atoms with van der Waals surface area (Å²) in [5.74, 6) is 0.935. The van der Waals surface area contributed by atoms with Crippen LogP contribution in [0.2, 0.25) is 0 Å². The molecule has 0 spiro atoms. The fourth-order valence-electron chi connectivity index (χ4n) is 2.56. The van der Waals surface area contributed by atoms with Crippen LogP contribution in [-0.2, 0) is 16.2 Å². The summed E-state index contributed by atoms with van der Waals surface area (Å²) in [5, 5.41) is 8.79. The molecule has 2 aromatic rings. The fourth-order valence-corrected chi connectivity index (χ4v) is 2.56. The number of carbonyl (C=O) groups is 1. The van der Waals surface area contributed by atoms with Gasteiger partial charge in [0.1, 0.15) is 12.4 Å². The Morgan fingerprint density at radius 2 is 1.92 bits per heavy atom. The van der Waals surface area contributed by atoms with Crippen molar-refractivity contribution >= 4 is 5.97 Å². The predicted molar refractivity (Wildman–Crippen MR) is 92.6 cm³/mol. The molecule has 128 valence electrons. The molecule has 5 nitrogen and oxygen atoms in total. The third kappa shape index (κ3) is 4.59. The molecule has 0 saturated heterocycles. The van der Waals surface area contributed by atoms with Crippen LogP contribution >= 0.6 is 0 Å². The molecule has 1 aliphatic rings. The van der Waals surface area contributed by atoms with Crippen molar-refractivity contribution in [3.05, 3.63) is 65.2 Å². The van der Waals surface area contributed by atoms with Gasteiger partial charge in [0.2, 0.25) is 0 Å². The summed E-state index contributed by atoms with van der Waals surface area (Å²) < 4.78 is 5.77. The van der Waals surface area contributed by atoms with Gasteiger partial charge in [-0.05, 0) is 41.8 Å². The quantitative estimate of drug-likeness (QED) is 0.784. The van der Waals surface area contributed by atoms with Gasteiger partial charge in [0.25, 0.3) is 0 Å². The second kappa shape index (κ2) is 7.82. The zero-order valence-electron chi connectivity index (χ0n) is 14.1. The normalized spacial score (nSPS) is 18.2. The number of hydrogen-bond acceptors (Lipinski definition) is 5. The molecule has 0 aromatic heterocycles. The number of benzene rings is 2. The summed E-state index contributed by atoms with van der Waals surface area (Å²) in [7, 11) is 0. The van der Waals surface area contributed by atoms with E-state index in [-0.39, 0.29) is 12.0 Å². The topological polar surface area (TPSA) is 71.3 Å². The predicted octanol–water partition coefficient (Wildman–Crippen LogP) is 3.45. The van der Waals surface area contributed by atoms with E-state index < -0.39 is 0 Å². The first-order valence-corrected chi connectivity index (χ1v) is 8.36. The Labute approximate surface area is 147 Å². The SMILES string of the molecule is CCC(=O)ON[C@@H]1C[C@H]1c1ccc(OCc2ccc(C#N)cc2)cc1. The molecule has 0 aliphatic heterocycles. The van der Waals surface area contributed by atoms with Gasteiger partial charge in [-0.3, -0.25) is 4.79 Å². The lowest BCUT2D eigenvalue weighted by Crippen LogP contribution is -2.22. The maximum absolute atomic E-state index is 11.1. The summed E-state index contributed by atoms with van der Waals surface area (Å²) in [4.78, 5) is 16.1. The highest BCUT2D eigenvalue weighted by Gasteiger charge is 2.39. The number of nitrogens with one attached hydrogen (secondary N) is 1. The first kappa shape index (κ1) is 17.0. The Balaban J connectivity index is 1.48. The molecule has 25 heavy (non-hydrogen) atoms. The number of rotatable bonds is 7. The Morgan fingerprint density at radius 1 is 1.20 bits per heavy atom. The molecule has 0 bridgehead atoms. The molecular weight excluding hydrogens is 316 g/mol. The highest BCUT2D eigenvalue weighted by atomic mass is 16.7. The largest absolute Gasteiger partial charge is 0.489 e. The average Bonchev–Trinajstić information content (AvgIpc) is 3.45. The Kier molecular flexibility index (Phi) is 5.32. The smallest absolute Gasteiger partial charge is 0.324 e. The Morgan fingerprint density at radius 3 is 2.56 bits per heavy atom. The summed E-state index contributed by atoms with van der Waals surface area (Å²) >= 11 is 0. The summed E-state index contributed by atoms with van der Waals surface area (Å²) in [5.41, 5.74) is 5.69. The van der Waals surface area contributed by atoms with Crippen molar-refractivity contribution in [2.45, 2.75) is 38.3 Å². The standard InChI is InChI=1S/C20H20N2O3/c1-2-20(23)25-22-19-11-18(19)16-7-9-17(10-8-16)24-13-15-5-3-14(12-21)4-6-15/h3-10,18-19,22H,2,11,13H2,1H3/t18-,19+/m0/s1. The van der Waals surface area contributed by atoms with Crippen LogP contribution in [0.15, 0.2) is 48.5 Å². The molecule has 3 rings (SSSR count). The van der Waals surface area contributed by atoms with E-state index in [1.165, 1.54) is 5.56 Å². The third-order valence-electron chi connectivity index (χ3n) is 4.20. The van der Waals surface area contributed by atoms with E-state index in [0.29, 0.717) is 24.5 Å². The Bertz CT molecular complexity index is 763. The van der Waals surface area contributed by atoms with E-state index >= 15 is 0 Å². The molecular formula is C20H20N2O3. The molecule has 0 heterocycles. The van der Waals surface area contributed by atoms with Gasteiger partial charge < -0.3 is 9.57 Å². The van der Waals surface area contributed by atoms with Crippen molar-refractivity contribution in [1.29, 1.82) is 5.26 Å². The first-order valence-electron chi connectivity index (χ1n) is 8.36. The van der Waals surface area contributed by atoms with E-state index in [1.54, 1.807) is 19.1 Å². The zero-order valence-corrected chi connectivity index (χ0v) is 14.1. The number of carbonyl (C=O) groups excluding carboxylic acids is 1. The van der Waals surface area contributed by atoms with Crippen molar-refractivity contribution in [1.82, 2.24) is 5.48 Å². The first-order chi connectivity index (χ1) is 12.2. The van der Waals surface area contributed by atoms with Gasteiger partial charge in [-0.1, -0.05) is 31.2 Å². The summed E-state index contributed by atoms with van der Waals surface area (Å²) in [6.07, 6.45) is 1.33. The lowest BCUT2D eigenvalue weighted by Gasteiger charge is -2.08. The molecule has 0 radical (unpaired) electrons. The number of hydrogen-bond donors (Lipinski definition) is 1. The van der Waals surface area contributed by atoms with Crippen molar-refractivity contribution in [3.8, 4) is 11.8 Å². The van der Waals surface area contributed by atoms with Crippen LogP contribution in [0.3, 0.4) is 0 Å². The van der Waals surface area contributed by atoms with E-state index in [4.69, 9.17) is 14.8 Å². The maximum Gasteiger partial charge on any atom is 0.324 e. The second-order valence-corrected chi connectivity index (χ2v) is 6.06. The molecule has 1 saturated carbocycles. The van der Waals surface area contributed by atoms with Crippen LogP contribution in [0.25, 0.3) is 0 Å². The molecule has 0 unspecified atom stereocenters. The summed E-state index contributed by atoms with van der Waals surface area (Å²) in [6, 6.07) is 17.6. The van der Waals surface area contributed by atoms with Gasteiger partial charge in [0, 0.05) is 12.3 Å². The number of nitrogens with zero attached hydrogens (tertiary/aromatic N) is 1. The molecule has 5 heteroatoms. The lowest BCUT2D eigenvalue weighted by atomic mass is 10.1. The monoisotopic (exact) mass is 336 g/mol. The second-order valence-electron chi connectivity index (χ2n) is 6.06. The van der Waals surface area contributed by atoms with Crippen LogP contribution < -0.4 is 10.2 Å². The van der Waals surface area contributed by atoms with E-state index in [2.05, 4.69) is 11.5 Å². The number of ether oxygens (including phenoxy) is 1. The van der Waals surface area contributed by atoms with Gasteiger partial charge in [0.15, 0.2) is 0 Å². The Hall–Kier alpha value is -2.84. The highest BCUT2D eigenvalue weighted by molar-refractivity contribution is 5.68. The zero-order chi connectivity index (χ0) is 17.6. The van der Waals surface area contributed by atoms with Crippen LogP contribution in [0.1, 0.15) is 42.4 Å². The van der Waals surface area contributed by atoms with E-state index in [1.807, 2.05) is 36.4 Å². The average molecular weight is 336 g/mol. The van der Waals surface area contributed by atoms with E-state index in [0.717, 1.165) is 17.7 Å². The van der Waals surface area contributed by atoms with Gasteiger partial charge in [-0.25, -0.2) is 0 Å². The van der Waals surface area contributed by atoms with Gasteiger partial charge >= 0.3 is 5.97 Å². The number of hydroxylamine groups is 1. The third-order valence-corrected chi connectivity index (χ3v) is 4.20. The molecule has 1 aliphatic carbocycles. The van der Waals surface area contributed by atoms with Gasteiger partial charge in [0.05, 0.1) is 17.7 Å². The van der Waals surface area contributed by atoms with Crippen LogP contribution in [0.4, 0.5) is 0 Å². The van der Waals surface area contributed by atoms with Crippen molar-refractivity contribution in [3.63, 3.8) is 0 Å². The summed E-state index contributed by atoms with van der Waals surface area (Å²) in [6.45, 7) is 2.23. The molecule has 2 aromatic carbocycles. The molecule has 2 atom stereocenters. The lowest BCUT2D eigenvalue weighted by molar-refractivity contribution is -0.151. The van der Waals surface area contributed by atoms with Crippen LogP contribution in [0.5, 0.6) is 5.75 Å². The fraction of sp³-hybridized carbons (Fsp3) is 0.300. The minimum Gasteiger partial charge on any atom is -0.489 e. The van der Waals surface area contributed by atoms with Gasteiger partial charge in [-0.2, -0.15) is 5.26 Å². The highest BCUT2D eigenvalue weighted by Crippen LogP contribution is 2.41. The molecule has 0 amide bonds. The molecule has 1 N–H and O–H groups in total. The van der Waals surface area contributed by atoms with Crippen molar-refractivity contribution in [2.75, 3.05) is 0 Å².